The van der Waals surface area contributed by atoms with E-state index >= 15 is 0 Å². The van der Waals surface area contributed by atoms with Gasteiger partial charge in [-0.15, -0.1) is 10.2 Å². The Kier molecular flexibility index (Phi) is 9.58. The van der Waals surface area contributed by atoms with Gasteiger partial charge < -0.3 is 9.84 Å². The Morgan fingerprint density at radius 3 is 2.44 bits per heavy atom. The molecule has 1 fully saturated rings. The Balaban J connectivity index is 1.45. The standard InChI is InChI=1S/C29H35ClN4O4S/c1-18(2)17-34(27(35)23-7-5-6-8-24(23)30)29-32-31-26(39-29)22-15-19(3)25(20(4)16-22)38-14-13-33-11-9-21(10-12-33)28(36)37/h5-8,15-16,18,21H,9-14,17H2,1-4H3,(H,36,37). The van der Waals surface area contributed by atoms with E-state index in [1.54, 1.807) is 29.2 Å². The molecule has 8 nitrogen and oxygen atoms in total. The average Bonchev–Trinajstić information content (AvgIpc) is 3.39. The Morgan fingerprint density at radius 1 is 1.15 bits per heavy atom. The number of carboxylic acid groups (broad SMARTS) is 1. The maximum Gasteiger partial charge on any atom is 0.306 e. The molecule has 10 heteroatoms. The summed E-state index contributed by atoms with van der Waals surface area (Å²) >= 11 is 7.70. The van der Waals surface area contributed by atoms with Crippen molar-refractivity contribution < 1.29 is 19.4 Å². The summed E-state index contributed by atoms with van der Waals surface area (Å²) in [4.78, 5) is 28.5. The number of rotatable bonds is 10. The molecule has 0 bridgehead atoms. The lowest BCUT2D eigenvalue weighted by molar-refractivity contribution is -0.143. The van der Waals surface area contributed by atoms with E-state index < -0.39 is 5.97 Å². The van der Waals surface area contributed by atoms with Crippen molar-refractivity contribution in [3.05, 3.63) is 58.1 Å². The number of aromatic nitrogens is 2. The van der Waals surface area contributed by atoms with Crippen molar-refractivity contribution in [1.82, 2.24) is 15.1 Å². The first kappa shape index (κ1) is 29.0. The van der Waals surface area contributed by atoms with Crippen LogP contribution in [0.1, 0.15) is 48.2 Å². The van der Waals surface area contributed by atoms with Crippen LogP contribution in [0.3, 0.4) is 0 Å². The van der Waals surface area contributed by atoms with Crippen LogP contribution in [0.4, 0.5) is 5.13 Å². The number of amides is 1. The van der Waals surface area contributed by atoms with Crippen LogP contribution in [0, 0.1) is 25.7 Å². The third kappa shape index (κ3) is 7.15. The van der Waals surface area contributed by atoms with Gasteiger partial charge in [-0.25, -0.2) is 0 Å². The summed E-state index contributed by atoms with van der Waals surface area (Å²) < 4.78 is 6.16. The highest BCUT2D eigenvalue weighted by Gasteiger charge is 2.26. The molecule has 1 aromatic heterocycles. The van der Waals surface area contributed by atoms with Gasteiger partial charge in [0, 0.05) is 18.7 Å². The number of ether oxygens (including phenoxy) is 1. The summed E-state index contributed by atoms with van der Waals surface area (Å²) in [5.41, 5.74) is 3.36. The predicted molar refractivity (Wildman–Crippen MR) is 155 cm³/mol. The minimum Gasteiger partial charge on any atom is -0.492 e. The molecule has 0 radical (unpaired) electrons. The van der Waals surface area contributed by atoms with Crippen LogP contribution in [0.5, 0.6) is 5.75 Å². The van der Waals surface area contributed by atoms with E-state index in [1.165, 1.54) is 11.3 Å². The molecule has 0 unspecified atom stereocenters. The highest BCUT2D eigenvalue weighted by molar-refractivity contribution is 7.18. The fourth-order valence-corrected chi connectivity index (χ4v) is 5.87. The summed E-state index contributed by atoms with van der Waals surface area (Å²) in [5.74, 6) is -0.0424. The van der Waals surface area contributed by atoms with Crippen molar-refractivity contribution in [2.75, 3.05) is 37.7 Å². The second-order valence-corrected chi connectivity index (χ2v) is 11.8. The lowest BCUT2D eigenvalue weighted by Crippen LogP contribution is -2.38. The van der Waals surface area contributed by atoms with Crippen LogP contribution < -0.4 is 9.64 Å². The van der Waals surface area contributed by atoms with E-state index in [1.807, 2.05) is 26.0 Å². The van der Waals surface area contributed by atoms with Gasteiger partial charge in [-0.1, -0.05) is 48.9 Å². The number of hydrogen-bond acceptors (Lipinski definition) is 7. The third-order valence-corrected chi connectivity index (χ3v) is 8.17. The minimum atomic E-state index is -0.695. The van der Waals surface area contributed by atoms with Gasteiger partial charge in [0.1, 0.15) is 17.4 Å². The number of piperidine rings is 1. The first-order chi connectivity index (χ1) is 18.6. The number of halogens is 1. The second-order valence-electron chi connectivity index (χ2n) is 10.4. The Hall–Kier alpha value is -3.01. The van der Waals surface area contributed by atoms with E-state index in [9.17, 15) is 14.7 Å². The van der Waals surface area contributed by atoms with E-state index in [0.29, 0.717) is 41.7 Å². The van der Waals surface area contributed by atoms with Gasteiger partial charge in [0.15, 0.2) is 0 Å². The maximum atomic E-state index is 13.4. The number of carbonyl (C=O) groups is 2. The molecule has 1 amide bonds. The summed E-state index contributed by atoms with van der Waals surface area (Å²) in [6.07, 6.45) is 1.37. The first-order valence-corrected chi connectivity index (χ1v) is 14.4. The van der Waals surface area contributed by atoms with Crippen molar-refractivity contribution in [2.45, 2.75) is 40.5 Å². The number of hydrogen-bond donors (Lipinski definition) is 1. The molecule has 0 aliphatic carbocycles. The summed E-state index contributed by atoms with van der Waals surface area (Å²) in [6.45, 7) is 11.5. The number of carbonyl (C=O) groups excluding carboxylic acids is 1. The van der Waals surface area contributed by atoms with Gasteiger partial charge in [-0.3, -0.25) is 19.4 Å². The van der Waals surface area contributed by atoms with Gasteiger partial charge in [-0.05, 0) is 81.1 Å². The Labute approximate surface area is 238 Å². The number of likely N-dealkylation sites (tertiary alicyclic amines) is 1. The van der Waals surface area contributed by atoms with Crippen molar-refractivity contribution in [1.29, 1.82) is 0 Å². The lowest BCUT2D eigenvalue weighted by atomic mass is 9.97. The van der Waals surface area contributed by atoms with E-state index in [0.717, 1.165) is 47.1 Å². The first-order valence-electron chi connectivity index (χ1n) is 13.2. The molecule has 1 N–H and O–H groups in total. The van der Waals surface area contributed by atoms with Crippen molar-refractivity contribution in [2.24, 2.45) is 11.8 Å². The van der Waals surface area contributed by atoms with Gasteiger partial charge in [0.25, 0.3) is 5.91 Å². The zero-order valence-corrected chi connectivity index (χ0v) is 24.4. The number of anilines is 1. The molecule has 0 atom stereocenters. The molecular weight excluding hydrogens is 536 g/mol. The number of aryl methyl sites for hydroxylation is 2. The van der Waals surface area contributed by atoms with Crippen molar-refractivity contribution in [3.8, 4) is 16.3 Å². The predicted octanol–water partition coefficient (Wildman–Crippen LogP) is 5.95. The number of carboxylic acids is 1. The highest BCUT2D eigenvalue weighted by Crippen LogP contribution is 2.35. The van der Waals surface area contributed by atoms with Crippen LogP contribution >= 0.6 is 22.9 Å². The molecule has 2 aromatic carbocycles. The Bertz CT molecular complexity index is 1300. The zero-order chi connectivity index (χ0) is 28.1. The highest BCUT2D eigenvalue weighted by atomic mass is 35.5. The van der Waals surface area contributed by atoms with Crippen LogP contribution in [0.15, 0.2) is 36.4 Å². The normalized spacial score (nSPS) is 14.5. The molecule has 1 aliphatic heterocycles. The van der Waals surface area contributed by atoms with Crippen molar-refractivity contribution in [3.63, 3.8) is 0 Å². The smallest absolute Gasteiger partial charge is 0.306 e. The van der Waals surface area contributed by atoms with Crippen LogP contribution in [-0.4, -0.2) is 64.9 Å². The largest absolute Gasteiger partial charge is 0.492 e. The average molecular weight is 571 g/mol. The van der Waals surface area contributed by atoms with Gasteiger partial charge >= 0.3 is 5.97 Å². The zero-order valence-electron chi connectivity index (χ0n) is 22.8. The number of aliphatic carboxylic acids is 1. The minimum absolute atomic E-state index is 0.194. The quantitative estimate of drug-likeness (QED) is 0.321. The van der Waals surface area contributed by atoms with E-state index in [-0.39, 0.29) is 17.7 Å². The molecule has 0 saturated carbocycles. The number of nitrogens with zero attached hydrogens (tertiary/aromatic N) is 4. The van der Waals surface area contributed by atoms with Gasteiger partial charge in [-0.2, -0.15) is 0 Å². The molecule has 1 saturated heterocycles. The SMILES string of the molecule is Cc1cc(-c2nnc(N(CC(C)C)C(=O)c3ccccc3Cl)s2)cc(C)c1OCCN1CCC(C(=O)O)CC1. The second kappa shape index (κ2) is 12.9. The number of benzene rings is 2. The molecule has 2 heterocycles. The molecule has 1 aliphatic rings. The van der Waals surface area contributed by atoms with Crippen molar-refractivity contribution >= 4 is 39.9 Å². The van der Waals surface area contributed by atoms with E-state index in [2.05, 4.69) is 28.9 Å². The topological polar surface area (TPSA) is 95.9 Å². The molecule has 39 heavy (non-hydrogen) atoms. The summed E-state index contributed by atoms with van der Waals surface area (Å²) in [6, 6.07) is 11.1. The van der Waals surface area contributed by atoms with Crippen LogP contribution in [0.25, 0.3) is 10.6 Å². The molecule has 0 spiro atoms. The summed E-state index contributed by atoms with van der Waals surface area (Å²) in [5, 5.41) is 19.7. The monoisotopic (exact) mass is 570 g/mol. The lowest BCUT2D eigenvalue weighted by Gasteiger charge is -2.30. The molecule has 4 rings (SSSR count). The fourth-order valence-electron chi connectivity index (χ4n) is 4.82. The molecule has 208 valence electrons. The van der Waals surface area contributed by atoms with Crippen LogP contribution in [-0.2, 0) is 4.79 Å². The maximum absolute atomic E-state index is 13.4. The Morgan fingerprint density at radius 2 is 1.82 bits per heavy atom. The molecular formula is C29H35ClN4O4S. The van der Waals surface area contributed by atoms with Crippen LogP contribution in [0.2, 0.25) is 5.02 Å². The third-order valence-electron chi connectivity index (χ3n) is 6.84. The van der Waals surface area contributed by atoms with E-state index in [4.69, 9.17) is 16.3 Å². The van der Waals surface area contributed by atoms with Gasteiger partial charge in [0.2, 0.25) is 5.13 Å². The summed E-state index contributed by atoms with van der Waals surface area (Å²) in [7, 11) is 0. The molecule has 3 aromatic rings. The van der Waals surface area contributed by atoms with Gasteiger partial charge in [0.05, 0.1) is 16.5 Å². The fraction of sp³-hybridized carbons (Fsp3) is 0.448.